The Morgan fingerprint density at radius 1 is 0.306 bits per heavy atom. The molecule has 0 aromatic rings. The maximum absolute atomic E-state index is 12.8. The molecule has 0 saturated carbocycles. The molecule has 6 nitrogen and oxygen atoms in total. The molecule has 0 unspecified atom stereocenters. The topological polar surface area (TPSA) is 78.9 Å². The van der Waals surface area contributed by atoms with E-state index in [9.17, 15) is 14.4 Å². The third kappa shape index (κ3) is 49.4. The van der Waals surface area contributed by atoms with Gasteiger partial charge in [-0.25, -0.2) is 0 Å². The molecule has 0 aliphatic carbocycles. The molecule has 0 aromatic heterocycles. The molecule has 1 atom stereocenters. The molecule has 0 aromatic carbocycles. The van der Waals surface area contributed by atoms with Crippen molar-refractivity contribution in [2.45, 2.75) is 323 Å². The van der Waals surface area contributed by atoms with Crippen molar-refractivity contribution in [3.05, 3.63) is 0 Å². The second kappa shape index (κ2) is 50.4. The van der Waals surface area contributed by atoms with E-state index < -0.39 is 6.10 Å². The molecule has 0 bridgehead atoms. The molecule has 0 radical (unpaired) electrons. The monoisotopic (exact) mass is 877 g/mol. The van der Waals surface area contributed by atoms with Gasteiger partial charge in [0, 0.05) is 19.3 Å². The Morgan fingerprint density at radius 3 is 0.790 bits per heavy atom. The zero-order chi connectivity index (χ0) is 45.2. The molecule has 0 aliphatic rings. The summed E-state index contributed by atoms with van der Waals surface area (Å²) in [7, 11) is 0. The number of hydrogen-bond donors (Lipinski definition) is 0. The van der Waals surface area contributed by atoms with Crippen LogP contribution < -0.4 is 0 Å². The quantitative estimate of drug-likeness (QED) is 0.0344. The summed E-state index contributed by atoms with van der Waals surface area (Å²) < 4.78 is 16.9. The van der Waals surface area contributed by atoms with Gasteiger partial charge in [-0.1, -0.05) is 278 Å². The molecule has 368 valence electrons. The van der Waals surface area contributed by atoms with Crippen molar-refractivity contribution >= 4 is 17.9 Å². The van der Waals surface area contributed by atoms with Gasteiger partial charge in [0.1, 0.15) is 13.2 Å². The molecule has 0 saturated heterocycles. The van der Waals surface area contributed by atoms with Crippen LogP contribution in [0.5, 0.6) is 0 Å². The van der Waals surface area contributed by atoms with Crippen molar-refractivity contribution in [3.8, 4) is 0 Å². The highest BCUT2D eigenvalue weighted by Crippen LogP contribution is 2.18. The number of carbonyl (C=O) groups excluding carboxylic acids is 3. The highest BCUT2D eigenvalue weighted by Gasteiger charge is 2.19. The number of rotatable bonds is 51. The summed E-state index contributed by atoms with van der Waals surface area (Å²) in [6, 6.07) is 0. The molecule has 0 aliphatic heterocycles. The van der Waals surface area contributed by atoms with Crippen molar-refractivity contribution in [2.75, 3.05) is 13.2 Å². The van der Waals surface area contributed by atoms with Crippen molar-refractivity contribution in [1.82, 2.24) is 0 Å². The molecule has 0 rings (SSSR count). The summed E-state index contributed by atoms with van der Waals surface area (Å²) in [6.07, 6.45) is 53.7. The van der Waals surface area contributed by atoms with Gasteiger partial charge in [-0.15, -0.1) is 0 Å². The molecule has 0 N–H and O–H groups in total. The third-order valence-electron chi connectivity index (χ3n) is 12.8. The predicted molar refractivity (Wildman–Crippen MR) is 266 cm³/mol. The van der Waals surface area contributed by atoms with Crippen LogP contribution in [0.25, 0.3) is 0 Å². The summed E-state index contributed by atoms with van der Waals surface area (Å²) in [4.78, 5) is 38.1. The van der Waals surface area contributed by atoms with Crippen molar-refractivity contribution in [1.29, 1.82) is 0 Å². The third-order valence-corrected chi connectivity index (χ3v) is 12.8. The van der Waals surface area contributed by atoms with Crippen LogP contribution in [0.2, 0.25) is 0 Å². The Kier molecular flexibility index (Phi) is 49.1. The van der Waals surface area contributed by atoms with Gasteiger partial charge in [0.25, 0.3) is 0 Å². The van der Waals surface area contributed by atoms with Crippen molar-refractivity contribution < 1.29 is 28.6 Å². The molecular weight excluding hydrogens is 769 g/mol. The van der Waals surface area contributed by atoms with E-state index in [1.54, 1.807) is 0 Å². The van der Waals surface area contributed by atoms with Gasteiger partial charge in [0.15, 0.2) is 6.10 Å². The lowest BCUT2D eigenvalue weighted by Gasteiger charge is -2.18. The van der Waals surface area contributed by atoms with Gasteiger partial charge >= 0.3 is 17.9 Å². The minimum atomic E-state index is -0.761. The highest BCUT2D eigenvalue weighted by molar-refractivity contribution is 5.71. The van der Waals surface area contributed by atoms with Crippen LogP contribution in [-0.2, 0) is 28.6 Å². The number of ether oxygens (including phenoxy) is 3. The Hall–Kier alpha value is -1.59. The van der Waals surface area contributed by atoms with Gasteiger partial charge in [-0.3, -0.25) is 14.4 Å². The lowest BCUT2D eigenvalue weighted by atomic mass is 10.0. The van der Waals surface area contributed by atoms with E-state index in [4.69, 9.17) is 14.2 Å². The van der Waals surface area contributed by atoms with Gasteiger partial charge in [-0.2, -0.15) is 0 Å². The summed E-state index contributed by atoms with van der Waals surface area (Å²) in [6.45, 7) is 9.04. The van der Waals surface area contributed by atoms with Crippen molar-refractivity contribution in [3.63, 3.8) is 0 Å². The maximum atomic E-state index is 12.8. The van der Waals surface area contributed by atoms with E-state index in [0.29, 0.717) is 19.3 Å². The molecule has 0 amide bonds. The fraction of sp³-hybridized carbons (Fsp3) is 0.946. The second-order valence-electron chi connectivity index (χ2n) is 19.7. The van der Waals surface area contributed by atoms with Gasteiger partial charge < -0.3 is 14.2 Å². The first kappa shape index (κ1) is 60.4. The number of esters is 3. The normalized spacial score (nSPS) is 12.0. The van der Waals surface area contributed by atoms with Crippen LogP contribution >= 0.6 is 0 Å². The molecule has 62 heavy (non-hydrogen) atoms. The fourth-order valence-corrected chi connectivity index (χ4v) is 8.57. The van der Waals surface area contributed by atoms with E-state index in [2.05, 4.69) is 27.7 Å². The van der Waals surface area contributed by atoms with Gasteiger partial charge in [0.2, 0.25) is 0 Å². The minimum absolute atomic E-state index is 0.0622. The summed E-state index contributed by atoms with van der Waals surface area (Å²) in [5.41, 5.74) is 0. The Bertz CT molecular complexity index is 933. The van der Waals surface area contributed by atoms with E-state index in [1.165, 1.54) is 212 Å². The zero-order valence-electron chi connectivity index (χ0n) is 42.3. The van der Waals surface area contributed by atoms with E-state index in [-0.39, 0.29) is 31.1 Å². The van der Waals surface area contributed by atoms with E-state index >= 15 is 0 Å². The highest BCUT2D eigenvalue weighted by atomic mass is 16.6. The van der Waals surface area contributed by atoms with Crippen LogP contribution in [0.3, 0.4) is 0 Å². The second-order valence-corrected chi connectivity index (χ2v) is 19.7. The number of unbranched alkanes of at least 4 members (excludes halogenated alkanes) is 38. The smallest absolute Gasteiger partial charge is 0.306 e. The molecule has 0 fully saturated rings. The Morgan fingerprint density at radius 2 is 0.532 bits per heavy atom. The van der Waals surface area contributed by atoms with E-state index in [1.807, 2.05) is 0 Å². The fourth-order valence-electron chi connectivity index (χ4n) is 8.57. The van der Waals surface area contributed by atoms with Crippen LogP contribution in [0.15, 0.2) is 0 Å². The van der Waals surface area contributed by atoms with Crippen LogP contribution in [0.4, 0.5) is 0 Å². The average Bonchev–Trinajstić information content (AvgIpc) is 3.26. The lowest BCUT2D eigenvalue weighted by molar-refractivity contribution is -0.167. The number of hydrogen-bond acceptors (Lipinski definition) is 6. The molecular formula is C56H108O6. The zero-order valence-corrected chi connectivity index (χ0v) is 42.3. The Labute approximate surface area is 387 Å². The largest absolute Gasteiger partial charge is 0.462 e. The van der Waals surface area contributed by atoms with Crippen LogP contribution in [0.1, 0.15) is 317 Å². The first-order valence-corrected chi connectivity index (χ1v) is 27.9. The van der Waals surface area contributed by atoms with Crippen LogP contribution in [-0.4, -0.2) is 37.2 Å². The van der Waals surface area contributed by atoms with Gasteiger partial charge in [0.05, 0.1) is 0 Å². The number of carbonyl (C=O) groups is 3. The maximum Gasteiger partial charge on any atom is 0.306 e. The lowest BCUT2D eigenvalue weighted by Crippen LogP contribution is -2.30. The minimum Gasteiger partial charge on any atom is -0.462 e. The summed E-state index contributed by atoms with van der Waals surface area (Å²) in [5.74, 6) is -0.0200. The molecule has 0 heterocycles. The first-order chi connectivity index (χ1) is 30.4. The van der Waals surface area contributed by atoms with Crippen LogP contribution in [0, 0.1) is 5.92 Å². The SMILES string of the molecule is CCCCCCCCCCCCCCCCCCC(=O)O[C@@H](COC(=O)CCCCCCCCCCCCCCCCC)COC(=O)CCCCCCCCCCCCC(C)C. The predicted octanol–water partition coefficient (Wildman–Crippen LogP) is 18.2. The summed E-state index contributed by atoms with van der Waals surface area (Å²) in [5, 5.41) is 0. The molecule has 0 spiro atoms. The average molecular weight is 877 g/mol. The van der Waals surface area contributed by atoms with Crippen molar-refractivity contribution in [2.24, 2.45) is 5.92 Å². The van der Waals surface area contributed by atoms with E-state index in [0.717, 1.165) is 63.7 Å². The van der Waals surface area contributed by atoms with Gasteiger partial charge in [-0.05, 0) is 25.2 Å². The first-order valence-electron chi connectivity index (χ1n) is 27.9. The standard InChI is InChI=1S/C56H108O6/c1-5-7-9-11-13-15-17-19-21-23-25-27-33-37-41-45-49-56(59)62-53(51-61-55(58)48-44-40-36-32-29-28-30-34-38-42-46-52(3)4)50-60-54(57)47-43-39-35-31-26-24-22-20-18-16-14-12-10-8-6-2/h52-53H,5-51H2,1-4H3/t53-/m0/s1. The Balaban J connectivity index is 4.30. The summed E-state index contributed by atoms with van der Waals surface area (Å²) >= 11 is 0. The molecule has 6 heteroatoms.